The molecule has 1 N–H and O–H groups in total. The van der Waals surface area contributed by atoms with Gasteiger partial charge in [0.1, 0.15) is 5.75 Å². The van der Waals surface area contributed by atoms with Crippen molar-refractivity contribution in [1.29, 1.82) is 0 Å². The third-order valence-electron chi connectivity index (χ3n) is 2.98. The predicted octanol–water partition coefficient (Wildman–Crippen LogP) is 4.54. The number of hydrogen-bond donors (Lipinski definition) is 1. The van der Waals surface area contributed by atoms with Gasteiger partial charge < -0.3 is 10.1 Å². The van der Waals surface area contributed by atoms with Crippen molar-refractivity contribution < 1.29 is 4.74 Å². The zero-order valence-electron chi connectivity index (χ0n) is 12.0. The largest absolute Gasteiger partial charge is 0.493 e. The third-order valence-corrected chi connectivity index (χ3v) is 3.48. The van der Waals surface area contributed by atoms with E-state index in [2.05, 4.69) is 61.1 Å². The van der Waals surface area contributed by atoms with E-state index in [4.69, 9.17) is 4.74 Å². The van der Waals surface area contributed by atoms with E-state index in [0.29, 0.717) is 11.5 Å². The van der Waals surface area contributed by atoms with Crippen molar-refractivity contribution in [2.75, 3.05) is 13.7 Å². The number of rotatable bonds is 5. The van der Waals surface area contributed by atoms with Crippen LogP contribution in [-0.2, 0) is 0 Å². The molecule has 0 amide bonds. The number of ether oxygens (including phenoxy) is 1. The first kappa shape index (κ1) is 15.5. The molecule has 0 aromatic heterocycles. The average molecular weight is 314 g/mol. The maximum Gasteiger partial charge on any atom is 0.125 e. The van der Waals surface area contributed by atoms with E-state index in [1.54, 1.807) is 0 Å². The van der Waals surface area contributed by atoms with Crippen LogP contribution in [0.4, 0.5) is 0 Å². The van der Waals surface area contributed by atoms with Gasteiger partial charge in [0.2, 0.25) is 0 Å². The highest BCUT2D eigenvalue weighted by Gasteiger charge is 2.13. The van der Waals surface area contributed by atoms with Gasteiger partial charge in [-0.25, -0.2) is 0 Å². The Hall–Kier alpha value is -0.540. The molecule has 3 heteroatoms. The van der Waals surface area contributed by atoms with Crippen LogP contribution in [0.1, 0.15) is 45.7 Å². The van der Waals surface area contributed by atoms with Gasteiger partial charge in [-0.05, 0) is 37.9 Å². The van der Waals surface area contributed by atoms with Crippen LogP contribution in [-0.4, -0.2) is 13.7 Å². The second-order valence-electron chi connectivity index (χ2n) is 5.85. The summed E-state index contributed by atoms with van der Waals surface area (Å²) in [6.07, 6.45) is 1.05. The lowest BCUT2D eigenvalue weighted by Gasteiger charge is -2.21. The summed E-state index contributed by atoms with van der Waals surface area (Å²) in [6.45, 7) is 9.58. The molecule has 0 fully saturated rings. The Morgan fingerprint density at radius 2 is 2.00 bits per heavy atom. The first-order valence-electron chi connectivity index (χ1n) is 6.43. The lowest BCUT2D eigenvalue weighted by Crippen LogP contribution is -2.15. The van der Waals surface area contributed by atoms with E-state index in [1.807, 2.05) is 13.1 Å². The van der Waals surface area contributed by atoms with Crippen LogP contribution in [0.5, 0.6) is 5.75 Å². The second kappa shape index (κ2) is 6.58. The molecule has 0 heterocycles. The normalized spacial score (nSPS) is 13.4. The summed E-state index contributed by atoms with van der Waals surface area (Å²) in [5, 5.41) is 3.25. The molecular formula is C15H24BrNO. The highest BCUT2D eigenvalue weighted by molar-refractivity contribution is 9.10. The van der Waals surface area contributed by atoms with Crippen LogP contribution in [0, 0.1) is 5.41 Å². The quantitative estimate of drug-likeness (QED) is 0.861. The second-order valence-corrected chi connectivity index (χ2v) is 6.77. The SMILES string of the molecule is CNC(C)c1ccc(Br)cc1OCCC(C)(C)C. The molecule has 0 saturated carbocycles. The van der Waals surface area contributed by atoms with E-state index in [0.717, 1.165) is 23.2 Å². The summed E-state index contributed by atoms with van der Waals surface area (Å²) in [4.78, 5) is 0. The molecule has 1 atom stereocenters. The summed E-state index contributed by atoms with van der Waals surface area (Å²) in [6, 6.07) is 6.51. The van der Waals surface area contributed by atoms with E-state index < -0.39 is 0 Å². The van der Waals surface area contributed by atoms with Gasteiger partial charge in [0, 0.05) is 16.1 Å². The molecule has 1 unspecified atom stereocenters. The van der Waals surface area contributed by atoms with Gasteiger partial charge in [0.05, 0.1) is 6.61 Å². The van der Waals surface area contributed by atoms with Crippen LogP contribution in [0.2, 0.25) is 0 Å². The fraction of sp³-hybridized carbons (Fsp3) is 0.600. The summed E-state index contributed by atoms with van der Waals surface area (Å²) >= 11 is 3.50. The lowest BCUT2D eigenvalue weighted by molar-refractivity contribution is 0.240. The molecule has 0 radical (unpaired) electrons. The predicted molar refractivity (Wildman–Crippen MR) is 81.2 cm³/mol. The molecule has 0 aliphatic heterocycles. The highest BCUT2D eigenvalue weighted by Crippen LogP contribution is 2.29. The summed E-state index contributed by atoms with van der Waals surface area (Å²) in [7, 11) is 1.96. The van der Waals surface area contributed by atoms with Crippen LogP contribution in [0.15, 0.2) is 22.7 Å². The highest BCUT2D eigenvalue weighted by atomic mass is 79.9. The third kappa shape index (κ3) is 4.99. The Morgan fingerprint density at radius 3 is 2.56 bits per heavy atom. The number of halogens is 1. The fourth-order valence-corrected chi connectivity index (χ4v) is 1.95. The van der Waals surface area contributed by atoms with Crippen LogP contribution in [0.25, 0.3) is 0 Å². The van der Waals surface area contributed by atoms with Crippen molar-refractivity contribution in [2.24, 2.45) is 5.41 Å². The first-order valence-corrected chi connectivity index (χ1v) is 7.22. The number of benzene rings is 1. The van der Waals surface area contributed by atoms with E-state index in [9.17, 15) is 0 Å². The van der Waals surface area contributed by atoms with Gasteiger partial charge in [-0.3, -0.25) is 0 Å². The van der Waals surface area contributed by atoms with Gasteiger partial charge in [-0.15, -0.1) is 0 Å². The van der Waals surface area contributed by atoms with Crippen LogP contribution < -0.4 is 10.1 Å². The van der Waals surface area contributed by atoms with Gasteiger partial charge in [0.15, 0.2) is 0 Å². The number of nitrogens with one attached hydrogen (secondary N) is 1. The molecule has 0 saturated heterocycles. The first-order chi connectivity index (χ1) is 8.33. The monoisotopic (exact) mass is 313 g/mol. The van der Waals surface area contributed by atoms with Gasteiger partial charge in [0.25, 0.3) is 0 Å². The molecule has 2 nitrogen and oxygen atoms in total. The molecular weight excluding hydrogens is 290 g/mol. The van der Waals surface area contributed by atoms with Crippen LogP contribution >= 0.6 is 15.9 Å². The molecule has 102 valence electrons. The minimum Gasteiger partial charge on any atom is -0.493 e. The minimum atomic E-state index is 0.294. The fourth-order valence-electron chi connectivity index (χ4n) is 1.61. The molecule has 1 rings (SSSR count). The minimum absolute atomic E-state index is 0.294. The Labute approximate surface area is 119 Å². The molecule has 0 aliphatic carbocycles. The Balaban J connectivity index is 2.76. The van der Waals surface area contributed by atoms with Gasteiger partial charge in [-0.2, -0.15) is 0 Å². The van der Waals surface area contributed by atoms with Crippen molar-refractivity contribution in [1.82, 2.24) is 5.32 Å². The maximum atomic E-state index is 5.95. The van der Waals surface area contributed by atoms with Crippen molar-refractivity contribution in [3.8, 4) is 5.75 Å². The summed E-state index contributed by atoms with van der Waals surface area (Å²) < 4.78 is 7.00. The standard InChI is InChI=1S/C15H24BrNO/c1-11(17-5)13-7-6-12(16)10-14(13)18-9-8-15(2,3)4/h6-7,10-11,17H,8-9H2,1-5H3. The Bertz CT molecular complexity index is 385. The molecule has 0 spiro atoms. The van der Waals surface area contributed by atoms with E-state index in [1.165, 1.54) is 5.56 Å². The summed E-state index contributed by atoms with van der Waals surface area (Å²) in [5.41, 5.74) is 1.51. The molecule has 1 aromatic rings. The lowest BCUT2D eigenvalue weighted by atomic mass is 9.93. The van der Waals surface area contributed by atoms with Crippen LogP contribution in [0.3, 0.4) is 0 Å². The molecule has 0 bridgehead atoms. The molecule has 1 aromatic carbocycles. The Kier molecular flexibility index (Phi) is 5.67. The van der Waals surface area contributed by atoms with Crippen molar-refractivity contribution in [3.63, 3.8) is 0 Å². The smallest absolute Gasteiger partial charge is 0.125 e. The van der Waals surface area contributed by atoms with E-state index in [-0.39, 0.29) is 0 Å². The summed E-state index contributed by atoms with van der Waals surface area (Å²) in [5.74, 6) is 0.968. The molecule has 0 aliphatic rings. The van der Waals surface area contributed by atoms with Gasteiger partial charge >= 0.3 is 0 Å². The van der Waals surface area contributed by atoms with Crippen molar-refractivity contribution >= 4 is 15.9 Å². The molecule has 18 heavy (non-hydrogen) atoms. The average Bonchev–Trinajstić information content (AvgIpc) is 2.26. The van der Waals surface area contributed by atoms with Crippen molar-refractivity contribution in [2.45, 2.75) is 40.2 Å². The zero-order valence-corrected chi connectivity index (χ0v) is 13.6. The van der Waals surface area contributed by atoms with Gasteiger partial charge in [-0.1, -0.05) is 42.8 Å². The topological polar surface area (TPSA) is 21.3 Å². The maximum absolute atomic E-state index is 5.95. The zero-order chi connectivity index (χ0) is 13.8. The van der Waals surface area contributed by atoms with E-state index >= 15 is 0 Å². The Morgan fingerprint density at radius 1 is 1.33 bits per heavy atom. The number of hydrogen-bond acceptors (Lipinski definition) is 2. The van der Waals surface area contributed by atoms with Crippen molar-refractivity contribution in [3.05, 3.63) is 28.2 Å².